The predicted molar refractivity (Wildman–Crippen MR) is 151 cm³/mol. The molecular formula is C31H24ClF2N3O3. The van der Waals surface area contributed by atoms with Gasteiger partial charge in [0.15, 0.2) is 12.0 Å². The lowest BCUT2D eigenvalue weighted by Crippen LogP contribution is -2.36. The highest BCUT2D eigenvalue weighted by atomic mass is 35.5. The van der Waals surface area contributed by atoms with Gasteiger partial charge in [-0.25, -0.2) is 13.6 Å². The molecule has 0 saturated heterocycles. The van der Waals surface area contributed by atoms with Crippen molar-refractivity contribution in [3.05, 3.63) is 130 Å². The molecular weight excluding hydrogens is 536 g/mol. The molecule has 202 valence electrons. The molecule has 0 fully saturated rings. The van der Waals surface area contributed by atoms with Crippen LogP contribution < -0.4 is 10.0 Å². The first-order chi connectivity index (χ1) is 19.3. The van der Waals surface area contributed by atoms with Crippen LogP contribution in [0.1, 0.15) is 29.2 Å². The molecule has 0 radical (unpaired) electrons. The number of allylic oxidation sites excluding steroid dienone is 1. The molecule has 3 aromatic carbocycles. The number of methoxy groups -OCH3 is 1. The summed E-state index contributed by atoms with van der Waals surface area (Å²) in [5, 5.41) is 15.7. The minimum Gasteiger partial charge on any atom is -0.618 e. The van der Waals surface area contributed by atoms with Crippen molar-refractivity contribution in [2.75, 3.05) is 12.4 Å². The molecule has 4 aromatic rings. The quantitative estimate of drug-likeness (QED) is 0.146. The van der Waals surface area contributed by atoms with Crippen LogP contribution in [0.25, 0.3) is 16.8 Å². The lowest BCUT2D eigenvalue weighted by Gasteiger charge is -2.18. The van der Waals surface area contributed by atoms with E-state index >= 15 is 0 Å². The number of halogens is 3. The highest BCUT2D eigenvalue weighted by Gasteiger charge is 2.29. The zero-order valence-electron chi connectivity index (χ0n) is 21.4. The van der Waals surface area contributed by atoms with Crippen LogP contribution in [0.4, 0.5) is 19.3 Å². The second-order valence-electron chi connectivity index (χ2n) is 9.22. The van der Waals surface area contributed by atoms with E-state index < -0.39 is 23.6 Å². The molecule has 1 aliphatic rings. The van der Waals surface area contributed by atoms with E-state index in [1.165, 1.54) is 19.4 Å². The number of hydrogen-bond acceptors (Lipinski definition) is 4. The van der Waals surface area contributed by atoms with E-state index in [4.69, 9.17) is 16.6 Å². The number of carbonyl (C=O) groups excluding carboxylic acids is 1. The third kappa shape index (κ3) is 5.72. The normalized spacial score (nSPS) is 13.4. The third-order valence-corrected chi connectivity index (χ3v) is 6.99. The lowest BCUT2D eigenvalue weighted by atomic mass is 9.89. The number of amides is 1. The number of nitrogens with zero attached hydrogens (tertiary/aromatic N) is 2. The smallest absolute Gasteiger partial charge is 0.411 e. The molecule has 0 aliphatic carbocycles. The number of ether oxygens (including phenoxy) is 1. The van der Waals surface area contributed by atoms with Crippen molar-refractivity contribution in [2.24, 2.45) is 4.99 Å². The molecule has 9 heteroatoms. The topological polar surface area (TPSA) is 77.6 Å². The van der Waals surface area contributed by atoms with Crippen LogP contribution in [-0.4, -0.2) is 18.9 Å². The van der Waals surface area contributed by atoms with E-state index in [1.54, 1.807) is 18.2 Å². The van der Waals surface area contributed by atoms with Crippen LogP contribution in [0.15, 0.2) is 96.1 Å². The summed E-state index contributed by atoms with van der Waals surface area (Å²) in [6, 6.07) is 22.2. The van der Waals surface area contributed by atoms with Gasteiger partial charge >= 0.3 is 6.09 Å². The van der Waals surface area contributed by atoms with E-state index in [-0.39, 0.29) is 16.1 Å². The molecule has 0 saturated carbocycles. The average Bonchev–Trinajstić information content (AvgIpc) is 3.45. The zero-order valence-corrected chi connectivity index (χ0v) is 22.2. The number of anilines is 1. The molecule has 1 amide bonds. The van der Waals surface area contributed by atoms with Gasteiger partial charge in [-0.05, 0) is 47.9 Å². The number of benzene rings is 3. The second kappa shape index (κ2) is 11.7. The Morgan fingerprint density at radius 2 is 1.77 bits per heavy atom. The number of rotatable bonds is 7. The molecule has 6 nitrogen and oxygen atoms in total. The van der Waals surface area contributed by atoms with E-state index in [1.807, 2.05) is 48.5 Å². The number of nitrogens with one attached hydrogen (secondary N) is 1. The Kier molecular flexibility index (Phi) is 7.89. The van der Waals surface area contributed by atoms with E-state index in [0.717, 1.165) is 34.7 Å². The monoisotopic (exact) mass is 559 g/mol. The summed E-state index contributed by atoms with van der Waals surface area (Å²) in [4.78, 5) is 16.3. The standard InChI is InChI=1S/C31H24ClF2N3O3/c1-40-31(38)35-22-10-7-20(8-11-22)26-14-15-27(36-26)23(17-19-5-3-2-4-6-19)28-16-9-21(18-37(28)39)29-25(33)13-12-24(32)30(29)34/h2-14,16,18,23H,15,17H2,1H3,(H,35,38). The molecule has 0 spiro atoms. The summed E-state index contributed by atoms with van der Waals surface area (Å²) in [5.41, 5.74) is 4.11. The van der Waals surface area contributed by atoms with Gasteiger partial charge in [-0.15, -0.1) is 0 Å². The number of pyridine rings is 1. The number of carbonyl (C=O) groups is 1. The van der Waals surface area contributed by atoms with Gasteiger partial charge in [-0.2, -0.15) is 4.73 Å². The fraction of sp³-hybridized carbons (Fsp3) is 0.129. The number of aliphatic imine (C=N–C) groups is 1. The summed E-state index contributed by atoms with van der Waals surface area (Å²) in [5.74, 6) is -2.12. The largest absolute Gasteiger partial charge is 0.618 e. The van der Waals surface area contributed by atoms with Gasteiger partial charge in [0.2, 0.25) is 5.69 Å². The molecule has 1 aliphatic heterocycles. The van der Waals surface area contributed by atoms with Crippen molar-refractivity contribution in [1.82, 2.24) is 0 Å². The van der Waals surface area contributed by atoms with Crippen LogP contribution in [0.3, 0.4) is 0 Å². The second-order valence-corrected chi connectivity index (χ2v) is 9.63. The molecule has 1 N–H and O–H groups in total. The minimum absolute atomic E-state index is 0.0857. The van der Waals surface area contributed by atoms with Crippen LogP contribution in [-0.2, 0) is 11.2 Å². The van der Waals surface area contributed by atoms with E-state index in [0.29, 0.717) is 29.0 Å². The summed E-state index contributed by atoms with van der Waals surface area (Å²) in [6.45, 7) is 0. The fourth-order valence-corrected chi connectivity index (χ4v) is 4.85. The maximum Gasteiger partial charge on any atom is 0.411 e. The van der Waals surface area contributed by atoms with Gasteiger partial charge in [0.25, 0.3) is 0 Å². The molecule has 2 heterocycles. The van der Waals surface area contributed by atoms with E-state index in [9.17, 15) is 18.8 Å². The lowest BCUT2D eigenvalue weighted by molar-refractivity contribution is -0.614. The van der Waals surface area contributed by atoms with Crippen molar-refractivity contribution in [2.45, 2.75) is 18.8 Å². The van der Waals surface area contributed by atoms with Crippen LogP contribution in [0.2, 0.25) is 5.02 Å². The van der Waals surface area contributed by atoms with Crippen LogP contribution in [0.5, 0.6) is 0 Å². The van der Waals surface area contributed by atoms with E-state index in [2.05, 4.69) is 10.1 Å². The zero-order chi connectivity index (χ0) is 28.2. The van der Waals surface area contributed by atoms with Crippen molar-refractivity contribution in [3.8, 4) is 11.1 Å². The first-order valence-electron chi connectivity index (χ1n) is 12.5. The highest BCUT2D eigenvalue weighted by molar-refractivity contribution is 6.31. The third-order valence-electron chi connectivity index (χ3n) is 6.70. The summed E-state index contributed by atoms with van der Waals surface area (Å²) >= 11 is 5.86. The van der Waals surface area contributed by atoms with Gasteiger partial charge in [-0.3, -0.25) is 10.3 Å². The first-order valence-corrected chi connectivity index (χ1v) is 12.9. The van der Waals surface area contributed by atoms with Crippen molar-refractivity contribution < 1.29 is 23.0 Å². The van der Waals surface area contributed by atoms with Crippen molar-refractivity contribution in [3.63, 3.8) is 0 Å². The SMILES string of the molecule is COC(=O)Nc1ccc(C2=CCC(C(Cc3ccccc3)c3ccc(-c4c(F)ccc(Cl)c4F)c[n+]3[O-])=N2)cc1. The van der Waals surface area contributed by atoms with Gasteiger partial charge in [0, 0.05) is 23.9 Å². The summed E-state index contributed by atoms with van der Waals surface area (Å²) < 4.78 is 34.4. The molecule has 5 rings (SSSR count). The average molecular weight is 560 g/mol. The Balaban J connectivity index is 1.48. The molecule has 0 bridgehead atoms. The summed E-state index contributed by atoms with van der Waals surface area (Å²) in [6.07, 6.45) is 3.62. The summed E-state index contributed by atoms with van der Waals surface area (Å²) in [7, 11) is 1.29. The van der Waals surface area contributed by atoms with Gasteiger partial charge in [0.05, 0.1) is 34.9 Å². The maximum absolute atomic E-state index is 14.6. The van der Waals surface area contributed by atoms with Gasteiger partial charge < -0.3 is 9.94 Å². The van der Waals surface area contributed by atoms with Gasteiger partial charge in [-0.1, -0.05) is 60.1 Å². The Morgan fingerprint density at radius 3 is 2.48 bits per heavy atom. The highest BCUT2D eigenvalue weighted by Crippen LogP contribution is 2.33. The van der Waals surface area contributed by atoms with Crippen LogP contribution >= 0.6 is 11.6 Å². The Morgan fingerprint density at radius 1 is 1.05 bits per heavy atom. The first kappa shape index (κ1) is 27.0. The maximum atomic E-state index is 14.6. The predicted octanol–water partition coefficient (Wildman–Crippen LogP) is 7.31. The Bertz CT molecular complexity index is 1620. The number of hydrogen-bond donors (Lipinski definition) is 1. The molecule has 1 aromatic heterocycles. The molecule has 1 unspecified atom stereocenters. The molecule has 1 atom stereocenters. The minimum atomic E-state index is -0.919. The Hall–Kier alpha value is -4.56. The molecule has 40 heavy (non-hydrogen) atoms. The van der Waals surface area contributed by atoms with Gasteiger partial charge in [0.1, 0.15) is 5.82 Å². The van der Waals surface area contributed by atoms with Crippen molar-refractivity contribution in [1.29, 1.82) is 0 Å². The Labute approximate surface area is 234 Å². The van der Waals surface area contributed by atoms with Crippen molar-refractivity contribution >= 4 is 34.8 Å². The number of aromatic nitrogens is 1. The van der Waals surface area contributed by atoms with Crippen LogP contribution in [0, 0.1) is 16.8 Å². The fourth-order valence-electron chi connectivity index (χ4n) is 4.69.